The van der Waals surface area contributed by atoms with Gasteiger partial charge in [-0.1, -0.05) is 48.9 Å². The number of fused-ring (bicyclic) bond motifs is 1. The van der Waals surface area contributed by atoms with Crippen LogP contribution in [0.2, 0.25) is 0 Å². The average molecular weight is 414 g/mol. The second kappa shape index (κ2) is 11.4. The summed E-state index contributed by atoms with van der Waals surface area (Å²) in [5.41, 5.74) is 3.95. The van der Waals surface area contributed by atoms with Gasteiger partial charge in [0.25, 0.3) is 0 Å². The predicted molar refractivity (Wildman–Crippen MR) is 75.5 cm³/mol. The number of aryl methyl sites for hydroxylation is 1. The number of halogens is 3. The fraction of sp³-hybridized carbons (Fsp3) is 0.0625. The molecule has 3 aromatic rings. The summed E-state index contributed by atoms with van der Waals surface area (Å²) in [5, 5.41) is 2.69. The molecule has 105 valence electrons. The molecular formula is C16H13BCl3Zr. The van der Waals surface area contributed by atoms with E-state index in [0.29, 0.717) is 0 Å². The van der Waals surface area contributed by atoms with Crippen LogP contribution in [0.25, 0.3) is 21.9 Å². The molecule has 3 radical (unpaired) electrons. The molecule has 0 aliphatic rings. The number of hydrogen-bond donors (Lipinski definition) is 0. The molecule has 0 nitrogen and oxygen atoms in total. The normalized spacial score (nSPS) is 8.24. The van der Waals surface area contributed by atoms with Crippen molar-refractivity contribution in [3.8, 4) is 11.1 Å². The van der Waals surface area contributed by atoms with E-state index in [2.05, 4.69) is 67.6 Å². The molecule has 0 N–H and O–H groups in total. The molecular weight excluding hydrogens is 401 g/mol. The van der Waals surface area contributed by atoms with Crippen molar-refractivity contribution < 1.29 is 63.4 Å². The smallest absolute Gasteiger partial charge is 1.00 e. The molecule has 0 amide bonds. The largest absolute Gasteiger partial charge is 4.00 e. The molecule has 3 rings (SSSR count). The fourth-order valence-electron chi connectivity index (χ4n) is 2.25. The first kappa shape index (κ1) is 25.8. The Bertz CT molecular complexity index is 638. The first-order valence-corrected chi connectivity index (χ1v) is 5.56. The van der Waals surface area contributed by atoms with Crippen LogP contribution in [0.4, 0.5) is 0 Å². The molecule has 0 aliphatic heterocycles. The molecule has 3 aromatic carbocycles. The third kappa shape index (κ3) is 5.53. The van der Waals surface area contributed by atoms with Gasteiger partial charge in [-0.05, 0) is 5.56 Å². The zero-order valence-corrected chi connectivity index (χ0v) is 16.2. The van der Waals surface area contributed by atoms with Crippen molar-refractivity contribution in [1.29, 1.82) is 0 Å². The van der Waals surface area contributed by atoms with Crippen LogP contribution in [0.1, 0.15) is 5.56 Å². The monoisotopic (exact) mass is 411 g/mol. The van der Waals surface area contributed by atoms with Crippen molar-refractivity contribution in [3.63, 3.8) is 0 Å². The predicted octanol–water partition coefficient (Wildman–Crippen LogP) is -4.84. The van der Waals surface area contributed by atoms with E-state index in [1.807, 2.05) is 0 Å². The third-order valence-electron chi connectivity index (χ3n) is 2.98. The summed E-state index contributed by atoms with van der Waals surface area (Å²) in [6.45, 7) is 2.15. The number of benzene rings is 2. The van der Waals surface area contributed by atoms with Crippen molar-refractivity contribution in [2.24, 2.45) is 0 Å². The van der Waals surface area contributed by atoms with Crippen molar-refractivity contribution in [1.82, 2.24) is 0 Å². The van der Waals surface area contributed by atoms with Crippen molar-refractivity contribution in [2.75, 3.05) is 0 Å². The van der Waals surface area contributed by atoms with Gasteiger partial charge in [0.15, 0.2) is 0 Å². The van der Waals surface area contributed by atoms with Gasteiger partial charge < -0.3 is 37.2 Å². The average Bonchev–Trinajstić information content (AvgIpc) is 2.70. The Morgan fingerprint density at radius 3 is 2.05 bits per heavy atom. The number of hydrogen-bond acceptors (Lipinski definition) is 0. The Morgan fingerprint density at radius 1 is 0.810 bits per heavy atom. The van der Waals surface area contributed by atoms with E-state index < -0.39 is 0 Å². The van der Waals surface area contributed by atoms with Gasteiger partial charge in [0.05, 0.1) is 0 Å². The Morgan fingerprint density at radius 2 is 1.43 bits per heavy atom. The second-order valence-corrected chi connectivity index (χ2v) is 4.21. The Labute approximate surface area is 166 Å². The standard InChI is InChI=1S/C16H13.B.3ClH.Zr/c1-12-10-14-8-5-9-15(16(14)11-12)13-6-3-2-4-7-13;;;;;/h2-11H,1H3;;3*1H;/q-1;;;;;+4/p-3. The zero-order valence-electron chi connectivity index (χ0n) is 11.5. The van der Waals surface area contributed by atoms with Gasteiger partial charge in [0.2, 0.25) is 0 Å². The summed E-state index contributed by atoms with van der Waals surface area (Å²) in [6, 6.07) is 21.6. The van der Waals surface area contributed by atoms with E-state index in [1.54, 1.807) is 0 Å². The van der Waals surface area contributed by atoms with E-state index in [1.165, 1.54) is 27.5 Å². The summed E-state index contributed by atoms with van der Waals surface area (Å²) >= 11 is 0. The summed E-state index contributed by atoms with van der Waals surface area (Å²) in [6.07, 6.45) is 0. The summed E-state index contributed by atoms with van der Waals surface area (Å²) < 4.78 is 0. The molecule has 0 atom stereocenters. The molecule has 0 saturated carbocycles. The van der Waals surface area contributed by atoms with Crippen LogP contribution in [0, 0.1) is 6.92 Å². The first-order valence-electron chi connectivity index (χ1n) is 5.56. The van der Waals surface area contributed by atoms with E-state index >= 15 is 0 Å². The molecule has 0 fully saturated rings. The van der Waals surface area contributed by atoms with Crippen LogP contribution in [0.5, 0.6) is 0 Å². The van der Waals surface area contributed by atoms with Gasteiger partial charge in [0, 0.05) is 8.41 Å². The summed E-state index contributed by atoms with van der Waals surface area (Å²) in [4.78, 5) is 0. The van der Waals surface area contributed by atoms with Gasteiger partial charge in [-0.2, -0.15) is 6.07 Å². The molecule has 21 heavy (non-hydrogen) atoms. The molecule has 0 bridgehead atoms. The summed E-state index contributed by atoms with van der Waals surface area (Å²) in [7, 11) is 0. The maximum Gasteiger partial charge on any atom is 4.00 e. The topological polar surface area (TPSA) is 0 Å². The molecule has 0 aromatic heterocycles. The van der Waals surface area contributed by atoms with Crippen LogP contribution in [0.3, 0.4) is 0 Å². The second-order valence-electron chi connectivity index (χ2n) is 4.21. The van der Waals surface area contributed by atoms with E-state index in [0.717, 1.165) is 0 Å². The van der Waals surface area contributed by atoms with Crippen LogP contribution < -0.4 is 37.2 Å². The Hall–Kier alpha value is -0.132. The molecule has 0 aliphatic carbocycles. The maximum atomic E-state index is 2.26. The van der Waals surface area contributed by atoms with Crippen LogP contribution in [-0.2, 0) is 26.2 Å². The van der Waals surface area contributed by atoms with Gasteiger partial charge in [-0.15, -0.1) is 34.5 Å². The molecule has 0 unspecified atom stereocenters. The van der Waals surface area contributed by atoms with Gasteiger partial charge >= 0.3 is 26.2 Å². The Kier molecular flexibility index (Phi) is 14.1. The van der Waals surface area contributed by atoms with Gasteiger partial charge in [-0.3, -0.25) is 0 Å². The Balaban J connectivity index is -0.000000648. The van der Waals surface area contributed by atoms with E-state index in [4.69, 9.17) is 0 Å². The quantitative estimate of drug-likeness (QED) is 0.277. The number of rotatable bonds is 1. The fourth-order valence-corrected chi connectivity index (χ4v) is 2.25. The van der Waals surface area contributed by atoms with E-state index in [-0.39, 0.29) is 71.8 Å². The van der Waals surface area contributed by atoms with Crippen molar-refractivity contribution in [2.45, 2.75) is 6.92 Å². The van der Waals surface area contributed by atoms with Gasteiger partial charge in [-0.25, -0.2) is 0 Å². The maximum absolute atomic E-state index is 2.26. The first-order chi connectivity index (χ1) is 7.84. The summed E-state index contributed by atoms with van der Waals surface area (Å²) in [5.74, 6) is 0. The van der Waals surface area contributed by atoms with Gasteiger partial charge in [0.1, 0.15) is 0 Å². The van der Waals surface area contributed by atoms with Crippen LogP contribution >= 0.6 is 0 Å². The minimum atomic E-state index is 0. The zero-order chi connectivity index (χ0) is 11.0. The molecule has 5 heteroatoms. The molecule has 0 saturated heterocycles. The minimum absolute atomic E-state index is 0. The van der Waals surface area contributed by atoms with Crippen molar-refractivity contribution >= 4 is 19.2 Å². The molecule has 0 spiro atoms. The van der Waals surface area contributed by atoms with Crippen LogP contribution in [-0.4, -0.2) is 8.41 Å². The molecule has 0 heterocycles. The van der Waals surface area contributed by atoms with Crippen molar-refractivity contribution in [3.05, 3.63) is 66.2 Å². The third-order valence-corrected chi connectivity index (χ3v) is 2.98. The van der Waals surface area contributed by atoms with Crippen LogP contribution in [0.15, 0.2) is 60.7 Å². The minimum Gasteiger partial charge on any atom is -1.00 e. The van der Waals surface area contributed by atoms with E-state index in [9.17, 15) is 0 Å². The SMILES string of the molecule is Cc1cc2c(-c3ccccc3)cccc2[cH-]1.[B].[Cl-].[Cl-].[Cl-].[Zr+4].